The lowest BCUT2D eigenvalue weighted by molar-refractivity contribution is -0.131. The van der Waals surface area contributed by atoms with E-state index in [0.29, 0.717) is 33.5 Å². The van der Waals surface area contributed by atoms with E-state index in [0.717, 1.165) is 11.1 Å². The van der Waals surface area contributed by atoms with Crippen LogP contribution in [0.4, 0.5) is 16.2 Å². The highest BCUT2D eigenvalue weighted by atomic mass is 35.5. The van der Waals surface area contributed by atoms with Gasteiger partial charge >= 0.3 is 6.03 Å². The molecular formula is C27H26ClN3O4. The summed E-state index contributed by atoms with van der Waals surface area (Å²) in [5, 5.41) is 6.65. The van der Waals surface area contributed by atoms with Crippen molar-refractivity contribution in [3.8, 4) is 11.5 Å². The van der Waals surface area contributed by atoms with Crippen LogP contribution in [-0.2, 0) is 4.79 Å². The number of methoxy groups -OCH3 is 1. The summed E-state index contributed by atoms with van der Waals surface area (Å²) in [6.07, 6.45) is 0. The molecule has 5 rings (SSSR count). The van der Waals surface area contributed by atoms with Gasteiger partial charge in [0, 0.05) is 22.0 Å². The Morgan fingerprint density at radius 3 is 2.57 bits per heavy atom. The van der Waals surface area contributed by atoms with Gasteiger partial charge in [-0.15, -0.1) is 0 Å². The molecule has 3 amide bonds. The van der Waals surface area contributed by atoms with Crippen LogP contribution in [0.5, 0.6) is 11.5 Å². The maximum atomic E-state index is 13.9. The zero-order valence-corrected chi connectivity index (χ0v) is 20.6. The molecule has 2 aliphatic rings. The summed E-state index contributed by atoms with van der Waals surface area (Å²) in [5.74, 6) is -0.0238. The Labute approximate surface area is 209 Å². The number of rotatable bonds is 4. The van der Waals surface area contributed by atoms with E-state index in [1.807, 2.05) is 44.2 Å². The second kappa shape index (κ2) is 8.50. The molecule has 3 aromatic rings. The van der Waals surface area contributed by atoms with Crippen molar-refractivity contribution in [1.29, 1.82) is 0 Å². The van der Waals surface area contributed by atoms with Crippen LogP contribution in [0.25, 0.3) is 0 Å². The van der Waals surface area contributed by atoms with Crippen LogP contribution in [0.1, 0.15) is 29.7 Å². The fraction of sp³-hybridized carbons (Fsp3) is 0.259. The second-order valence-electron chi connectivity index (χ2n) is 9.06. The van der Waals surface area contributed by atoms with E-state index in [1.54, 1.807) is 44.4 Å². The highest BCUT2D eigenvalue weighted by Gasteiger charge is 2.60. The monoisotopic (exact) mass is 491 g/mol. The Bertz CT molecular complexity index is 1330. The first-order valence-corrected chi connectivity index (χ1v) is 11.7. The zero-order valence-electron chi connectivity index (χ0n) is 19.9. The van der Waals surface area contributed by atoms with Gasteiger partial charge in [0.05, 0.1) is 13.2 Å². The summed E-state index contributed by atoms with van der Waals surface area (Å²) in [7, 11) is 1.56. The van der Waals surface area contributed by atoms with Crippen molar-refractivity contribution in [3.63, 3.8) is 0 Å². The fourth-order valence-electron chi connectivity index (χ4n) is 5.07. The highest BCUT2D eigenvalue weighted by molar-refractivity contribution is 6.30. The molecule has 7 nitrogen and oxygen atoms in total. The molecule has 3 aromatic carbocycles. The van der Waals surface area contributed by atoms with Crippen LogP contribution in [0, 0.1) is 19.8 Å². The van der Waals surface area contributed by atoms with Crippen LogP contribution < -0.4 is 25.0 Å². The molecule has 180 valence electrons. The number of hydrogen-bond acceptors (Lipinski definition) is 4. The zero-order chi connectivity index (χ0) is 24.9. The number of urea groups is 1. The summed E-state index contributed by atoms with van der Waals surface area (Å²) in [5.41, 5.74) is 2.65. The number of hydrogen-bond donors (Lipinski definition) is 2. The van der Waals surface area contributed by atoms with Crippen LogP contribution in [0.15, 0.2) is 60.7 Å². The van der Waals surface area contributed by atoms with Gasteiger partial charge in [-0.25, -0.2) is 4.79 Å². The number of nitrogens with zero attached hydrogens (tertiary/aromatic N) is 1. The molecule has 0 saturated carbocycles. The molecule has 3 atom stereocenters. The Morgan fingerprint density at radius 2 is 1.89 bits per heavy atom. The SMILES string of the molecule is COc1cccc2c1O[C@@]1(C)[C@H](C(=O)Nc3ccc(C)cc3C)[C@@H]2NC(=O)N1c1ccc(Cl)cc1. The number of carbonyl (C=O) groups is 2. The number of nitrogens with one attached hydrogen (secondary N) is 2. The average molecular weight is 492 g/mol. The third-order valence-corrected chi connectivity index (χ3v) is 6.97. The van der Waals surface area contributed by atoms with Gasteiger partial charge in [0.15, 0.2) is 11.5 Å². The lowest BCUT2D eigenvalue weighted by Gasteiger charge is -2.54. The smallest absolute Gasteiger partial charge is 0.325 e. The number of fused-ring (bicyclic) bond motifs is 4. The Balaban J connectivity index is 1.64. The maximum absolute atomic E-state index is 13.9. The Kier molecular flexibility index (Phi) is 5.60. The lowest BCUT2D eigenvalue weighted by Crippen LogP contribution is -2.72. The van der Waals surface area contributed by atoms with Crippen molar-refractivity contribution in [2.75, 3.05) is 17.3 Å². The summed E-state index contributed by atoms with van der Waals surface area (Å²) in [6.45, 7) is 5.71. The predicted molar refractivity (Wildman–Crippen MR) is 135 cm³/mol. The Hall–Kier alpha value is -3.71. The number of halogens is 1. The van der Waals surface area contributed by atoms with Crippen LogP contribution in [0.2, 0.25) is 5.02 Å². The standard InChI is InChI=1S/C27H26ClN3O4/c1-15-8-13-20(16(2)14-15)29-25(32)22-23-19-6-5-7-21(34-4)24(19)35-27(22,3)31(26(33)30-23)18-11-9-17(28)10-12-18/h5-14,22-23H,1-4H3,(H,29,32)(H,30,33)/t22-,23+,27-/m0/s1. The van der Waals surface area contributed by atoms with Crippen molar-refractivity contribution in [2.24, 2.45) is 5.92 Å². The van der Waals surface area contributed by atoms with E-state index in [-0.39, 0.29) is 11.9 Å². The topological polar surface area (TPSA) is 79.9 Å². The van der Waals surface area contributed by atoms with E-state index in [1.165, 1.54) is 4.90 Å². The van der Waals surface area contributed by atoms with Crippen molar-refractivity contribution in [1.82, 2.24) is 5.32 Å². The number of anilines is 2. The minimum absolute atomic E-state index is 0.267. The lowest BCUT2D eigenvalue weighted by atomic mass is 9.78. The highest BCUT2D eigenvalue weighted by Crippen LogP contribution is 2.52. The van der Waals surface area contributed by atoms with Crippen LogP contribution in [0.3, 0.4) is 0 Å². The summed E-state index contributed by atoms with van der Waals surface area (Å²) < 4.78 is 12.1. The van der Waals surface area contributed by atoms with E-state index in [2.05, 4.69) is 10.6 Å². The molecule has 2 aliphatic heterocycles. The van der Waals surface area contributed by atoms with Gasteiger partial charge in [0.25, 0.3) is 0 Å². The van der Waals surface area contributed by atoms with Crippen molar-refractivity contribution >= 4 is 34.9 Å². The third-order valence-electron chi connectivity index (χ3n) is 6.72. The van der Waals surface area contributed by atoms with Crippen molar-refractivity contribution in [2.45, 2.75) is 32.5 Å². The molecule has 2 heterocycles. The molecule has 1 saturated heterocycles. The minimum Gasteiger partial charge on any atom is -0.493 e. The first-order valence-electron chi connectivity index (χ1n) is 11.3. The summed E-state index contributed by atoms with van der Waals surface area (Å²) in [4.78, 5) is 28.8. The van der Waals surface area contributed by atoms with Gasteiger partial charge in [0.1, 0.15) is 5.92 Å². The Morgan fingerprint density at radius 1 is 1.14 bits per heavy atom. The average Bonchev–Trinajstić information content (AvgIpc) is 2.81. The van der Waals surface area contributed by atoms with Gasteiger partial charge in [-0.1, -0.05) is 41.4 Å². The van der Waals surface area contributed by atoms with Gasteiger partial charge in [0.2, 0.25) is 11.6 Å². The van der Waals surface area contributed by atoms with Gasteiger partial charge in [-0.3, -0.25) is 9.69 Å². The van der Waals surface area contributed by atoms with Crippen LogP contribution in [-0.4, -0.2) is 24.8 Å². The van der Waals surface area contributed by atoms with Gasteiger partial charge in [-0.05, 0) is 62.7 Å². The largest absolute Gasteiger partial charge is 0.493 e. The summed E-state index contributed by atoms with van der Waals surface area (Å²) >= 11 is 6.10. The summed E-state index contributed by atoms with van der Waals surface area (Å²) in [6, 6.07) is 17.2. The van der Waals surface area contributed by atoms with Crippen molar-refractivity contribution < 1.29 is 19.1 Å². The molecule has 2 N–H and O–H groups in total. The molecule has 8 heteroatoms. The predicted octanol–water partition coefficient (Wildman–Crippen LogP) is 5.60. The van der Waals surface area contributed by atoms with Gasteiger partial charge in [-0.2, -0.15) is 0 Å². The third kappa shape index (κ3) is 3.76. The number of para-hydroxylation sites is 1. The van der Waals surface area contributed by atoms with E-state index < -0.39 is 17.7 Å². The molecule has 0 unspecified atom stereocenters. The molecule has 0 spiro atoms. The quantitative estimate of drug-likeness (QED) is 0.498. The normalized spacial score (nSPS) is 22.5. The number of aryl methyl sites for hydroxylation is 2. The van der Waals surface area contributed by atoms with Gasteiger partial charge < -0.3 is 20.1 Å². The number of amides is 3. The molecule has 1 fully saturated rings. The van der Waals surface area contributed by atoms with E-state index >= 15 is 0 Å². The number of benzene rings is 3. The fourth-order valence-corrected chi connectivity index (χ4v) is 5.20. The first-order chi connectivity index (χ1) is 16.7. The maximum Gasteiger partial charge on any atom is 0.325 e. The molecule has 35 heavy (non-hydrogen) atoms. The molecule has 0 radical (unpaired) electrons. The molecule has 2 bridgehead atoms. The minimum atomic E-state index is -1.36. The number of carbonyl (C=O) groups excluding carboxylic acids is 2. The number of ether oxygens (including phenoxy) is 2. The van der Waals surface area contributed by atoms with E-state index in [9.17, 15) is 9.59 Å². The first kappa shape index (κ1) is 23.1. The molecule has 0 aliphatic carbocycles. The second-order valence-corrected chi connectivity index (χ2v) is 9.50. The molecular weight excluding hydrogens is 466 g/mol. The van der Waals surface area contributed by atoms with Crippen LogP contribution >= 0.6 is 11.6 Å². The van der Waals surface area contributed by atoms with Crippen molar-refractivity contribution in [3.05, 3.63) is 82.4 Å². The van der Waals surface area contributed by atoms with E-state index in [4.69, 9.17) is 21.1 Å². The molecule has 0 aromatic heterocycles.